The number of para-hydroxylation sites is 1. The van der Waals surface area contributed by atoms with E-state index < -0.39 is 6.03 Å². The SMILES string of the molecule is CCCCSc1nn(-c2ccccc2)c(CNC(N)=O)c1C. The van der Waals surface area contributed by atoms with Crippen molar-refractivity contribution in [2.24, 2.45) is 5.73 Å². The molecule has 0 spiro atoms. The predicted octanol–water partition coefficient (Wildman–Crippen LogP) is 3.24. The molecule has 2 rings (SSSR count). The van der Waals surface area contributed by atoms with Gasteiger partial charge in [0.25, 0.3) is 0 Å². The number of nitrogens with two attached hydrogens (primary N) is 1. The van der Waals surface area contributed by atoms with Gasteiger partial charge in [0.2, 0.25) is 0 Å². The lowest BCUT2D eigenvalue weighted by Gasteiger charge is -2.08. The highest BCUT2D eigenvalue weighted by molar-refractivity contribution is 7.99. The Balaban J connectivity index is 2.32. The molecule has 6 heteroatoms. The third-order valence-corrected chi connectivity index (χ3v) is 4.52. The first kappa shape index (κ1) is 16.4. The maximum atomic E-state index is 11.0. The smallest absolute Gasteiger partial charge is 0.312 e. The van der Waals surface area contributed by atoms with Gasteiger partial charge in [-0.3, -0.25) is 0 Å². The van der Waals surface area contributed by atoms with Gasteiger partial charge in [-0.15, -0.1) is 11.8 Å². The second kappa shape index (κ2) is 7.89. The van der Waals surface area contributed by atoms with Crippen molar-refractivity contribution in [3.63, 3.8) is 0 Å². The number of hydrogen-bond acceptors (Lipinski definition) is 3. The average molecular weight is 318 g/mol. The van der Waals surface area contributed by atoms with Crippen molar-refractivity contribution < 1.29 is 4.79 Å². The maximum Gasteiger partial charge on any atom is 0.312 e. The lowest BCUT2D eigenvalue weighted by molar-refractivity contribution is 0.248. The number of hydrogen-bond donors (Lipinski definition) is 2. The molecule has 0 aliphatic heterocycles. The standard InChI is InChI=1S/C16H22N4OS/c1-3-4-10-22-15-12(2)14(11-18-16(17)21)20(19-15)13-8-6-5-7-9-13/h5-9H,3-4,10-11H2,1-2H3,(H3,17,18,21). The second-order valence-electron chi connectivity index (χ2n) is 5.04. The molecule has 0 fully saturated rings. The molecule has 0 aliphatic rings. The summed E-state index contributed by atoms with van der Waals surface area (Å²) in [6, 6.07) is 9.39. The normalized spacial score (nSPS) is 10.6. The van der Waals surface area contributed by atoms with Crippen LogP contribution in [0.4, 0.5) is 4.79 Å². The molecule has 1 aromatic carbocycles. The van der Waals surface area contributed by atoms with Gasteiger partial charge >= 0.3 is 6.03 Å². The number of nitrogens with zero attached hydrogens (tertiary/aromatic N) is 2. The van der Waals surface area contributed by atoms with Crippen LogP contribution < -0.4 is 11.1 Å². The summed E-state index contributed by atoms with van der Waals surface area (Å²) in [6.45, 7) is 4.59. The van der Waals surface area contributed by atoms with Crippen molar-refractivity contribution >= 4 is 17.8 Å². The summed E-state index contributed by atoms with van der Waals surface area (Å²) in [7, 11) is 0. The maximum absolute atomic E-state index is 11.0. The van der Waals surface area contributed by atoms with E-state index in [1.54, 1.807) is 11.8 Å². The zero-order valence-electron chi connectivity index (χ0n) is 13.0. The van der Waals surface area contributed by atoms with Gasteiger partial charge in [-0.25, -0.2) is 9.48 Å². The minimum atomic E-state index is -0.527. The largest absolute Gasteiger partial charge is 0.352 e. The van der Waals surface area contributed by atoms with Crippen molar-refractivity contribution in [2.45, 2.75) is 38.3 Å². The number of thioether (sulfide) groups is 1. The van der Waals surface area contributed by atoms with E-state index in [9.17, 15) is 4.79 Å². The van der Waals surface area contributed by atoms with Crippen LogP contribution in [0.3, 0.4) is 0 Å². The monoisotopic (exact) mass is 318 g/mol. The number of benzene rings is 1. The van der Waals surface area contributed by atoms with E-state index in [1.165, 1.54) is 6.42 Å². The fourth-order valence-electron chi connectivity index (χ4n) is 2.12. The molecule has 0 atom stereocenters. The minimum Gasteiger partial charge on any atom is -0.352 e. The molecule has 118 valence electrons. The summed E-state index contributed by atoms with van der Waals surface area (Å²) in [4.78, 5) is 11.0. The van der Waals surface area contributed by atoms with Crippen LogP contribution in [-0.2, 0) is 6.54 Å². The molecule has 0 radical (unpaired) electrons. The van der Waals surface area contributed by atoms with Crippen molar-refractivity contribution in [1.29, 1.82) is 0 Å². The summed E-state index contributed by atoms with van der Waals surface area (Å²) in [5.41, 5.74) is 8.24. The molecule has 0 saturated carbocycles. The summed E-state index contributed by atoms with van der Waals surface area (Å²) in [5.74, 6) is 1.05. The summed E-state index contributed by atoms with van der Waals surface area (Å²) >= 11 is 1.76. The number of primary amides is 1. The molecular formula is C16H22N4OS. The van der Waals surface area contributed by atoms with Gasteiger partial charge in [0.05, 0.1) is 17.9 Å². The highest BCUT2D eigenvalue weighted by Crippen LogP contribution is 2.27. The molecule has 1 aromatic heterocycles. The zero-order chi connectivity index (χ0) is 15.9. The van der Waals surface area contributed by atoms with E-state index in [-0.39, 0.29) is 0 Å². The van der Waals surface area contributed by atoms with E-state index in [0.717, 1.165) is 34.1 Å². The molecule has 0 bridgehead atoms. The fourth-order valence-corrected chi connectivity index (χ4v) is 3.22. The number of unbranched alkanes of at least 4 members (excludes halogenated alkanes) is 1. The summed E-state index contributed by atoms with van der Waals surface area (Å²) in [5, 5.41) is 8.39. The summed E-state index contributed by atoms with van der Waals surface area (Å²) < 4.78 is 1.89. The number of amides is 2. The molecule has 2 amide bonds. The number of rotatable bonds is 7. The Morgan fingerprint density at radius 2 is 2.09 bits per heavy atom. The van der Waals surface area contributed by atoms with E-state index in [2.05, 4.69) is 12.2 Å². The Hall–Kier alpha value is -1.95. The molecule has 1 heterocycles. The highest BCUT2D eigenvalue weighted by Gasteiger charge is 2.16. The van der Waals surface area contributed by atoms with Crippen molar-refractivity contribution in [2.75, 3.05) is 5.75 Å². The number of urea groups is 1. The lowest BCUT2D eigenvalue weighted by atomic mass is 10.2. The van der Waals surface area contributed by atoms with Gasteiger partial charge in [0.15, 0.2) is 0 Å². The first-order chi connectivity index (χ1) is 10.6. The van der Waals surface area contributed by atoms with E-state index in [4.69, 9.17) is 10.8 Å². The average Bonchev–Trinajstić information content (AvgIpc) is 2.83. The topological polar surface area (TPSA) is 72.9 Å². The Labute approximate surface area is 135 Å². The van der Waals surface area contributed by atoms with Gasteiger partial charge in [0.1, 0.15) is 5.03 Å². The lowest BCUT2D eigenvalue weighted by Crippen LogP contribution is -2.29. The van der Waals surface area contributed by atoms with E-state index >= 15 is 0 Å². The van der Waals surface area contributed by atoms with Gasteiger partial charge in [-0.1, -0.05) is 31.5 Å². The first-order valence-corrected chi connectivity index (χ1v) is 8.42. The molecule has 2 aromatic rings. The van der Waals surface area contributed by atoms with Gasteiger partial charge in [-0.05, 0) is 31.2 Å². The number of aromatic nitrogens is 2. The van der Waals surface area contributed by atoms with E-state index in [1.807, 2.05) is 41.9 Å². The zero-order valence-corrected chi connectivity index (χ0v) is 13.8. The van der Waals surface area contributed by atoms with Crippen LogP contribution in [0.1, 0.15) is 31.0 Å². The van der Waals surface area contributed by atoms with Gasteiger partial charge in [-0.2, -0.15) is 5.10 Å². The third kappa shape index (κ3) is 4.04. The van der Waals surface area contributed by atoms with Crippen LogP contribution in [0.25, 0.3) is 5.69 Å². The molecule has 5 nitrogen and oxygen atoms in total. The van der Waals surface area contributed by atoms with Gasteiger partial charge in [0, 0.05) is 5.56 Å². The Kier molecular flexibility index (Phi) is 5.89. The molecule has 0 saturated heterocycles. The van der Waals surface area contributed by atoms with E-state index in [0.29, 0.717) is 6.54 Å². The van der Waals surface area contributed by atoms with Gasteiger partial charge < -0.3 is 11.1 Å². The van der Waals surface area contributed by atoms with Crippen LogP contribution >= 0.6 is 11.8 Å². The molecule has 0 unspecified atom stereocenters. The van der Waals surface area contributed by atoms with Crippen LogP contribution in [0, 0.1) is 6.92 Å². The molecular weight excluding hydrogens is 296 g/mol. The van der Waals surface area contributed by atoms with Crippen LogP contribution in [0.2, 0.25) is 0 Å². The minimum absolute atomic E-state index is 0.372. The molecule has 0 aliphatic carbocycles. The first-order valence-electron chi connectivity index (χ1n) is 7.43. The van der Waals surface area contributed by atoms with Crippen molar-refractivity contribution in [3.05, 3.63) is 41.6 Å². The fraction of sp³-hybridized carbons (Fsp3) is 0.375. The predicted molar refractivity (Wildman–Crippen MR) is 90.4 cm³/mol. The molecule has 3 N–H and O–H groups in total. The van der Waals surface area contributed by atoms with Crippen LogP contribution in [0.5, 0.6) is 0 Å². The number of carbonyl (C=O) groups is 1. The quantitative estimate of drug-likeness (QED) is 0.608. The van der Waals surface area contributed by atoms with Crippen LogP contribution in [-0.4, -0.2) is 21.6 Å². The Bertz CT molecular complexity index is 625. The van der Waals surface area contributed by atoms with Crippen molar-refractivity contribution in [1.82, 2.24) is 15.1 Å². The second-order valence-corrected chi connectivity index (χ2v) is 6.13. The van der Waals surface area contributed by atoms with Crippen LogP contribution in [0.15, 0.2) is 35.4 Å². The molecule has 22 heavy (non-hydrogen) atoms. The Morgan fingerprint density at radius 1 is 1.36 bits per heavy atom. The Morgan fingerprint density at radius 3 is 2.73 bits per heavy atom. The number of nitrogens with one attached hydrogen (secondary N) is 1. The summed E-state index contributed by atoms with van der Waals surface area (Å²) in [6.07, 6.45) is 2.33. The van der Waals surface area contributed by atoms with Crippen molar-refractivity contribution in [3.8, 4) is 5.69 Å². The third-order valence-electron chi connectivity index (χ3n) is 3.37. The number of carbonyl (C=O) groups excluding carboxylic acids is 1. The highest BCUT2D eigenvalue weighted by atomic mass is 32.2.